The molecule has 1 aliphatic carbocycles. The minimum atomic E-state index is 0.267. The van der Waals surface area contributed by atoms with Gasteiger partial charge in [0.1, 0.15) is 0 Å². The van der Waals surface area contributed by atoms with Gasteiger partial charge in [-0.2, -0.15) is 0 Å². The number of amides is 1. The van der Waals surface area contributed by atoms with Crippen LogP contribution < -0.4 is 5.73 Å². The molecule has 1 aliphatic heterocycles. The molecule has 2 aliphatic rings. The normalized spacial score (nSPS) is 24.8. The van der Waals surface area contributed by atoms with E-state index in [0.717, 1.165) is 32.5 Å². The highest BCUT2D eigenvalue weighted by atomic mass is 32.1. The summed E-state index contributed by atoms with van der Waals surface area (Å²) in [5.41, 5.74) is 5.71. The molecule has 1 saturated carbocycles. The van der Waals surface area contributed by atoms with Crippen LogP contribution in [0.15, 0.2) is 0 Å². The largest absolute Gasteiger partial charge is 0.393 e. The minimum Gasteiger partial charge on any atom is -0.393 e. The fraction of sp³-hybridized carbons (Fsp3) is 0.846. The lowest BCUT2D eigenvalue weighted by atomic mass is 9.98. The zero-order chi connectivity index (χ0) is 13.1. The first kappa shape index (κ1) is 13.7. The minimum absolute atomic E-state index is 0.267. The van der Waals surface area contributed by atoms with Crippen LogP contribution in [-0.2, 0) is 4.79 Å². The molecule has 0 radical (unpaired) electrons. The first-order chi connectivity index (χ1) is 8.61. The maximum Gasteiger partial charge on any atom is 0.236 e. The summed E-state index contributed by atoms with van der Waals surface area (Å²) >= 11 is 5.06. The number of piperidine rings is 1. The summed E-state index contributed by atoms with van der Waals surface area (Å²) in [4.78, 5) is 17.0. The van der Waals surface area contributed by atoms with E-state index in [4.69, 9.17) is 18.0 Å². The summed E-state index contributed by atoms with van der Waals surface area (Å²) in [5, 5.41) is 0. The second kappa shape index (κ2) is 5.97. The van der Waals surface area contributed by atoms with E-state index in [9.17, 15) is 4.79 Å². The van der Waals surface area contributed by atoms with E-state index >= 15 is 0 Å². The monoisotopic (exact) mass is 269 g/mol. The Kier molecular flexibility index (Phi) is 4.56. The molecule has 0 spiro atoms. The van der Waals surface area contributed by atoms with Gasteiger partial charge >= 0.3 is 0 Å². The maximum atomic E-state index is 12.2. The zero-order valence-corrected chi connectivity index (χ0v) is 11.9. The van der Waals surface area contributed by atoms with E-state index in [1.165, 1.54) is 12.8 Å². The first-order valence-electron chi connectivity index (χ1n) is 6.93. The molecule has 0 aromatic carbocycles. The number of likely N-dealkylation sites (N-methyl/N-ethyl adjacent to an activating group) is 1. The molecule has 2 rings (SSSR count). The Balaban J connectivity index is 1.84. The van der Waals surface area contributed by atoms with Crippen molar-refractivity contribution in [3.8, 4) is 0 Å². The van der Waals surface area contributed by atoms with Gasteiger partial charge in [-0.3, -0.25) is 9.69 Å². The molecule has 1 atom stereocenters. The van der Waals surface area contributed by atoms with Crippen LogP contribution in [0.3, 0.4) is 0 Å². The molecule has 2 N–H and O–H groups in total. The molecule has 2 fully saturated rings. The van der Waals surface area contributed by atoms with Gasteiger partial charge in [0.25, 0.3) is 0 Å². The number of carbonyl (C=O) groups is 1. The van der Waals surface area contributed by atoms with Gasteiger partial charge in [-0.1, -0.05) is 12.2 Å². The fourth-order valence-electron chi connectivity index (χ4n) is 2.74. The van der Waals surface area contributed by atoms with Gasteiger partial charge < -0.3 is 10.6 Å². The summed E-state index contributed by atoms with van der Waals surface area (Å²) < 4.78 is 0. The smallest absolute Gasteiger partial charge is 0.236 e. The van der Waals surface area contributed by atoms with Crippen molar-refractivity contribution >= 4 is 23.1 Å². The van der Waals surface area contributed by atoms with Gasteiger partial charge in [0, 0.05) is 25.0 Å². The topological polar surface area (TPSA) is 49.6 Å². The highest BCUT2D eigenvalue weighted by Gasteiger charge is 2.32. The van der Waals surface area contributed by atoms with Crippen molar-refractivity contribution in [1.82, 2.24) is 9.80 Å². The van der Waals surface area contributed by atoms with Crippen molar-refractivity contribution in [1.29, 1.82) is 0 Å². The van der Waals surface area contributed by atoms with E-state index < -0.39 is 0 Å². The van der Waals surface area contributed by atoms with E-state index in [1.54, 1.807) is 0 Å². The number of carbonyl (C=O) groups excluding carboxylic acids is 1. The highest BCUT2D eigenvalue weighted by molar-refractivity contribution is 7.80. The molecule has 1 amide bonds. The molecule has 5 heteroatoms. The summed E-state index contributed by atoms with van der Waals surface area (Å²) in [6.07, 6.45) is 4.51. The van der Waals surface area contributed by atoms with Crippen LogP contribution in [0.25, 0.3) is 0 Å². The lowest BCUT2D eigenvalue weighted by Gasteiger charge is -2.33. The van der Waals surface area contributed by atoms with Crippen LogP contribution >= 0.6 is 12.2 Å². The average Bonchev–Trinajstić information content (AvgIpc) is 3.14. The average molecular weight is 269 g/mol. The number of hydrogen-bond acceptors (Lipinski definition) is 3. The summed E-state index contributed by atoms with van der Waals surface area (Å²) in [6.45, 7) is 5.26. The van der Waals surface area contributed by atoms with Crippen molar-refractivity contribution in [2.24, 2.45) is 11.7 Å². The van der Waals surface area contributed by atoms with Crippen molar-refractivity contribution in [3.05, 3.63) is 0 Å². The van der Waals surface area contributed by atoms with E-state index in [-0.39, 0.29) is 11.8 Å². The SMILES string of the molecule is CCN(C(=O)CN1CCCC(C(N)=S)C1)C1CC1. The number of thiocarbonyl (C=S) groups is 1. The van der Waals surface area contributed by atoms with Gasteiger partial charge in [-0.05, 0) is 39.2 Å². The third-order valence-electron chi connectivity index (χ3n) is 3.92. The Labute approximate surface area is 114 Å². The lowest BCUT2D eigenvalue weighted by Crippen LogP contribution is -2.46. The maximum absolute atomic E-state index is 12.2. The molecule has 0 aromatic rings. The molecule has 18 heavy (non-hydrogen) atoms. The third kappa shape index (κ3) is 3.42. The van der Waals surface area contributed by atoms with E-state index in [2.05, 4.69) is 11.8 Å². The van der Waals surface area contributed by atoms with Crippen molar-refractivity contribution in [3.63, 3.8) is 0 Å². The van der Waals surface area contributed by atoms with Gasteiger partial charge in [0.15, 0.2) is 0 Å². The predicted octanol–water partition coefficient (Wildman–Crippen LogP) is 0.995. The Morgan fingerprint density at radius 3 is 2.72 bits per heavy atom. The van der Waals surface area contributed by atoms with Gasteiger partial charge in [-0.25, -0.2) is 0 Å². The standard InChI is InChI=1S/C13H23N3OS/c1-2-16(11-5-6-11)12(17)9-15-7-3-4-10(8-15)13(14)18/h10-11H,2-9H2,1H3,(H2,14,18). The van der Waals surface area contributed by atoms with Crippen molar-refractivity contribution < 1.29 is 4.79 Å². The second-order valence-corrected chi connectivity index (χ2v) is 5.86. The Morgan fingerprint density at radius 1 is 1.44 bits per heavy atom. The zero-order valence-electron chi connectivity index (χ0n) is 11.1. The number of rotatable bonds is 5. The van der Waals surface area contributed by atoms with E-state index in [0.29, 0.717) is 17.6 Å². The Morgan fingerprint density at radius 2 is 2.17 bits per heavy atom. The van der Waals surface area contributed by atoms with Crippen LogP contribution in [0, 0.1) is 5.92 Å². The third-order valence-corrected chi connectivity index (χ3v) is 4.25. The van der Waals surface area contributed by atoms with Gasteiger partial charge in [0.2, 0.25) is 5.91 Å². The Hall–Kier alpha value is -0.680. The lowest BCUT2D eigenvalue weighted by molar-refractivity contribution is -0.133. The number of nitrogens with zero attached hydrogens (tertiary/aromatic N) is 2. The number of likely N-dealkylation sites (tertiary alicyclic amines) is 1. The molecule has 0 aromatic heterocycles. The number of hydrogen-bond donors (Lipinski definition) is 1. The van der Waals surface area contributed by atoms with Gasteiger partial charge in [0.05, 0.1) is 11.5 Å². The number of nitrogens with two attached hydrogens (primary N) is 1. The van der Waals surface area contributed by atoms with Crippen molar-refractivity contribution in [2.45, 2.75) is 38.6 Å². The Bertz CT molecular complexity index is 330. The summed E-state index contributed by atoms with van der Waals surface area (Å²) in [5.74, 6) is 0.557. The molecule has 0 bridgehead atoms. The van der Waals surface area contributed by atoms with Crippen LogP contribution in [0.4, 0.5) is 0 Å². The molecule has 1 saturated heterocycles. The summed E-state index contributed by atoms with van der Waals surface area (Å²) in [6, 6.07) is 0.513. The van der Waals surface area contributed by atoms with Crippen LogP contribution in [0.5, 0.6) is 0 Å². The van der Waals surface area contributed by atoms with E-state index in [1.807, 2.05) is 4.90 Å². The fourth-order valence-corrected chi connectivity index (χ4v) is 2.93. The molecule has 102 valence electrons. The molecular weight excluding hydrogens is 246 g/mol. The van der Waals surface area contributed by atoms with Crippen LogP contribution in [-0.4, -0.2) is 52.9 Å². The van der Waals surface area contributed by atoms with Crippen molar-refractivity contribution in [2.75, 3.05) is 26.2 Å². The van der Waals surface area contributed by atoms with Gasteiger partial charge in [-0.15, -0.1) is 0 Å². The predicted molar refractivity (Wildman–Crippen MR) is 76.4 cm³/mol. The molecule has 4 nitrogen and oxygen atoms in total. The molecule has 1 unspecified atom stereocenters. The highest BCUT2D eigenvalue weighted by Crippen LogP contribution is 2.27. The van der Waals surface area contributed by atoms with Crippen LogP contribution in [0.1, 0.15) is 32.6 Å². The quantitative estimate of drug-likeness (QED) is 0.756. The summed E-state index contributed by atoms with van der Waals surface area (Å²) in [7, 11) is 0. The van der Waals surface area contributed by atoms with Crippen LogP contribution in [0.2, 0.25) is 0 Å². The first-order valence-corrected chi connectivity index (χ1v) is 7.33. The molecule has 1 heterocycles. The second-order valence-electron chi connectivity index (χ2n) is 5.39. The molecular formula is C13H23N3OS.